The molecule has 0 bridgehead atoms. The Hall–Kier alpha value is -0.660. The van der Waals surface area contributed by atoms with Crippen molar-refractivity contribution in [3.63, 3.8) is 0 Å². The maximum atomic E-state index is 10.9. The molecule has 14 heavy (non-hydrogen) atoms. The third-order valence-corrected chi connectivity index (χ3v) is 2.49. The van der Waals surface area contributed by atoms with Crippen LogP contribution in [-0.2, 0) is 9.59 Å². The van der Waals surface area contributed by atoms with E-state index in [1.807, 2.05) is 0 Å². The molecule has 0 heterocycles. The van der Waals surface area contributed by atoms with Gasteiger partial charge >= 0.3 is 0 Å². The molecule has 0 fully saturated rings. The van der Waals surface area contributed by atoms with Crippen molar-refractivity contribution >= 4 is 12.1 Å². The summed E-state index contributed by atoms with van der Waals surface area (Å²) in [7, 11) is 0. The van der Waals surface area contributed by atoms with Crippen molar-refractivity contribution in [3.05, 3.63) is 0 Å². The average molecular weight is 198 g/mol. The van der Waals surface area contributed by atoms with Crippen molar-refractivity contribution < 1.29 is 9.59 Å². The molecule has 0 aliphatic heterocycles. The molecule has 0 rings (SSSR count). The topological polar surface area (TPSA) is 34.1 Å². The van der Waals surface area contributed by atoms with Crippen LogP contribution in [0.1, 0.15) is 59.3 Å². The fraction of sp³-hybridized carbons (Fsp3) is 0.833. The van der Waals surface area contributed by atoms with Crippen molar-refractivity contribution in [1.82, 2.24) is 0 Å². The first-order valence-corrected chi connectivity index (χ1v) is 5.50. The molecule has 0 aromatic heterocycles. The minimum Gasteiger partial charge on any atom is -0.295 e. The summed E-state index contributed by atoms with van der Waals surface area (Å²) in [5.41, 5.74) is -0.00820. The maximum Gasteiger partial charge on any atom is 0.195 e. The number of carbonyl (C=O) groups is 2. The number of ketones is 1. The third kappa shape index (κ3) is 6.81. The Kier molecular flexibility index (Phi) is 6.43. The predicted molar refractivity (Wildman–Crippen MR) is 58.2 cm³/mol. The van der Waals surface area contributed by atoms with Crippen LogP contribution in [0.2, 0.25) is 0 Å². The van der Waals surface area contributed by atoms with Gasteiger partial charge in [-0.25, -0.2) is 0 Å². The number of hydrogen-bond acceptors (Lipinski definition) is 2. The highest BCUT2D eigenvalue weighted by Gasteiger charge is 2.20. The molecule has 0 atom stereocenters. The Balaban J connectivity index is 3.71. The second-order valence-corrected chi connectivity index (χ2v) is 4.74. The number of unbranched alkanes of at least 4 members (excludes halogenated alkanes) is 3. The summed E-state index contributed by atoms with van der Waals surface area (Å²) in [4.78, 5) is 21.2. The van der Waals surface area contributed by atoms with Crippen molar-refractivity contribution in [3.8, 4) is 0 Å². The van der Waals surface area contributed by atoms with Crippen molar-refractivity contribution in [2.45, 2.75) is 59.3 Å². The summed E-state index contributed by atoms with van der Waals surface area (Å²) in [5.74, 6) is -0.273. The van der Waals surface area contributed by atoms with Crippen LogP contribution in [-0.4, -0.2) is 12.1 Å². The van der Waals surface area contributed by atoms with Gasteiger partial charge in [0.2, 0.25) is 0 Å². The zero-order valence-corrected chi connectivity index (χ0v) is 9.64. The molecule has 0 amide bonds. The normalized spacial score (nSPS) is 11.4. The van der Waals surface area contributed by atoms with Crippen LogP contribution in [0.5, 0.6) is 0 Å². The molecule has 0 saturated heterocycles. The van der Waals surface area contributed by atoms with Crippen LogP contribution in [0.4, 0.5) is 0 Å². The van der Waals surface area contributed by atoms with Gasteiger partial charge < -0.3 is 0 Å². The maximum absolute atomic E-state index is 10.9. The molecule has 0 saturated carbocycles. The minimum atomic E-state index is -0.273. The molecule has 0 radical (unpaired) electrons. The lowest BCUT2D eigenvalue weighted by atomic mass is 9.82. The van der Waals surface area contributed by atoms with Crippen LogP contribution in [0, 0.1) is 5.41 Å². The Morgan fingerprint density at radius 3 is 2.36 bits per heavy atom. The first kappa shape index (κ1) is 13.3. The lowest BCUT2D eigenvalue weighted by Gasteiger charge is -2.22. The zero-order valence-electron chi connectivity index (χ0n) is 9.64. The van der Waals surface area contributed by atoms with Crippen molar-refractivity contribution in [2.75, 3.05) is 0 Å². The van der Waals surface area contributed by atoms with Crippen LogP contribution in [0.3, 0.4) is 0 Å². The number of aldehydes is 1. The van der Waals surface area contributed by atoms with E-state index >= 15 is 0 Å². The van der Waals surface area contributed by atoms with E-state index in [1.54, 1.807) is 0 Å². The van der Waals surface area contributed by atoms with Crippen LogP contribution >= 0.6 is 0 Å². The van der Waals surface area contributed by atoms with E-state index in [1.165, 1.54) is 19.3 Å². The van der Waals surface area contributed by atoms with Gasteiger partial charge in [0.25, 0.3) is 0 Å². The molecule has 82 valence electrons. The Bertz CT molecular complexity index is 183. The van der Waals surface area contributed by atoms with E-state index in [2.05, 4.69) is 20.8 Å². The third-order valence-electron chi connectivity index (χ3n) is 2.49. The van der Waals surface area contributed by atoms with Gasteiger partial charge in [-0.3, -0.25) is 9.59 Å². The second-order valence-electron chi connectivity index (χ2n) is 4.74. The van der Waals surface area contributed by atoms with Gasteiger partial charge in [-0.05, 0) is 11.8 Å². The molecule has 0 aliphatic carbocycles. The first-order valence-electron chi connectivity index (χ1n) is 5.50. The van der Waals surface area contributed by atoms with E-state index in [9.17, 15) is 9.59 Å². The summed E-state index contributed by atoms with van der Waals surface area (Å²) < 4.78 is 0. The standard InChI is InChI=1S/C12H22O2/c1-4-5-6-7-8-12(2,3)9-11(14)10-13/h10H,4-9H2,1-3H3. The first-order chi connectivity index (χ1) is 6.52. The Morgan fingerprint density at radius 2 is 1.86 bits per heavy atom. The van der Waals surface area contributed by atoms with Gasteiger partial charge in [0, 0.05) is 6.42 Å². The van der Waals surface area contributed by atoms with Gasteiger partial charge in [-0.15, -0.1) is 0 Å². The van der Waals surface area contributed by atoms with Gasteiger partial charge in [0.05, 0.1) is 0 Å². The molecule has 0 aromatic carbocycles. The Labute approximate surface area is 87.1 Å². The summed E-state index contributed by atoms with van der Waals surface area (Å²) in [6, 6.07) is 0. The quantitative estimate of drug-likeness (QED) is 0.341. The second kappa shape index (κ2) is 6.74. The van der Waals surface area contributed by atoms with Crippen LogP contribution in [0.15, 0.2) is 0 Å². The largest absolute Gasteiger partial charge is 0.295 e. The highest BCUT2D eigenvalue weighted by atomic mass is 16.2. The summed E-state index contributed by atoms with van der Waals surface area (Å²) in [5, 5.41) is 0. The van der Waals surface area contributed by atoms with E-state index in [0.29, 0.717) is 12.7 Å². The number of carbonyl (C=O) groups excluding carboxylic acids is 2. The molecule has 2 nitrogen and oxygen atoms in total. The highest BCUT2D eigenvalue weighted by Crippen LogP contribution is 2.27. The zero-order chi connectivity index (χ0) is 11.0. The van der Waals surface area contributed by atoms with E-state index in [4.69, 9.17) is 0 Å². The van der Waals surface area contributed by atoms with Gasteiger partial charge in [0.1, 0.15) is 0 Å². The smallest absolute Gasteiger partial charge is 0.195 e. The molecule has 2 heteroatoms. The molecular formula is C12H22O2. The van der Waals surface area contributed by atoms with E-state index in [-0.39, 0.29) is 11.2 Å². The van der Waals surface area contributed by atoms with Crippen LogP contribution in [0.25, 0.3) is 0 Å². The number of Topliss-reactive ketones (excluding diaryl/α,β-unsaturated/α-hetero) is 1. The predicted octanol–water partition coefficient (Wildman–Crippen LogP) is 3.14. The average Bonchev–Trinajstić information content (AvgIpc) is 2.12. The molecule has 0 N–H and O–H groups in total. The monoisotopic (exact) mass is 198 g/mol. The summed E-state index contributed by atoms with van der Waals surface area (Å²) >= 11 is 0. The molecule has 0 spiro atoms. The lowest BCUT2D eigenvalue weighted by Crippen LogP contribution is -2.17. The van der Waals surface area contributed by atoms with Gasteiger partial charge in [0.15, 0.2) is 12.1 Å². The molecule has 0 unspecified atom stereocenters. The van der Waals surface area contributed by atoms with Gasteiger partial charge in [-0.1, -0.05) is 46.5 Å². The fourth-order valence-corrected chi connectivity index (χ4v) is 1.63. The number of hydrogen-bond donors (Lipinski definition) is 0. The minimum absolute atomic E-state index is 0.00820. The summed E-state index contributed by atoms with van der Waals surface area (Å²) in [6.07, 6.45) is 6.75. The van der Waals surface area contributed by atoms with Crippen molar-refractivity contribution in [2.24, 2.45) is 5.41 Å². The fourth-order valence-electron chi connectivity index (χ4n) is 1.63. The van der Waals surface area contributed by atoms with Crippen molar-refractivity contribution in [1.29, 1.82) is 0 Å². The summed E-state index contributed by atoms with van der Waals surface area (Å²) in [6.45, 7) is 6.29. The van der Waals surface area contributed by atoms with Gasteiger partial charge in [-0.2, -0.15) is 0 Å². The molecule has 0 aliphatic rings. The van der Waals surface area contributed by atoms with E-state index in [0.717, 1.165) is 12.8 Å². The highest BCUT2D eigenvalue weighted by molar-refractivity contribution is 6.25. The van der Waals surface area contributed by atoms with E-state index < -0.39 is 0 Å². The molecular weight excluding hydrogens is 176 g/mol. The molecule has 0 aromatic rings. The SMILES string of the molecule is CCCCCCC(C)(C)CC(=O)C=O. The number of rotatable bonds is 8. The lowest BCUT2D eigenvalue weighted by molar-refractivity contribution is -0.131. The van der Waals surface area contributed by atoms with Crippen LogP contribution < -0.4 is 0 Å². The Morgan fingerprint density at radius 1 is 1.21 bits per heavy atom.